The molecule has 0 atom stereocenters. The van der Waals surface area contributed by atoms with Crippen LogP contribution in [0.15, 0.2) is 48.5 Å². The molecular formula is C23H29BrO6. The van der Waals surface area contributed by atoms with Gasteiger partial charge in [-0.25, -0.2) is 9.59 Å². The summed E-state index contributed by atoms with van der Waals surface area (Å²) in [5, 5.41) is 0.665. The number of halogens is 1. The van der Waals surface area contributed by atoms with Crippen LogP contribution in [0.1, 0.15) is 45.2 Å². The van der Waals surface area contributed by atoms with E-state index in [0.717, 1.165) is 24.2 Å². The van der Waals surface area contributed by atoms with Crippen LogP contribution in [-0.2, 0) is 30.9 Å². The van der Waals surface area contributed by atoms with Crippen molar-refractivity contribution in [3.8, 4) is 0 Å². The highest BCUT2D eigenvalue weighted by Crippen LogP contribution is 2.13. The number of carbonyl (C=O) groups excluding carboxylic acids is 2. The molecule has 0 bridgehead atoms. The number of carbonyl (C=O) groups is 2. The molecule has 0 aliphatic carbocycles. The average molecular weight is 481 g/mol. The first-order valence-electron chi connectivity index (χ1n) is 9.62. The molecule has 0 aliphatic heterocycles. The van der Waals surface area contributed by atoms with Crippen molar-refractivity contribution in [1.29, 1.82) is 0 Å². The van der Waals surface area contributed by atoms with E-state index in [2.05, 4.69) is 27.6 Å². The summed E-state index contributed by atoms with van der Waals surface area (Å²) >= 11 is 3.30. The molecule has 0 saturated carbocycles. The van der Waals surface area contributed by atoms with E-state index in [4.69, 9.17) is 14.2 Å². The van der Waals surface area contributed by atoms with E-state index in [9.17, 15) is 9.59 Å². The van der Waals surface area contributed by atoms with E-state index in [1.54, 1.807) is 18.2 Å². The van der Waals surface area contributed by atoms with E-state index in [0.29, 0.717) is 36.3 Å². The van der Waals surface area contributed by atoms with Gasteiger partial charge in [0.25, 0.3) is 0 Å². The zero-order chi connectivity index (χ0) is 22.2. The molecule has 2 aromatic carbocycles. The molecule has 0 spiro atoms. The summed E-state index contributed by atoms with van der Waals surface area (Å²) in [5.41, 5.74) is 2.95. The van der Waals surface area contributed by atoms with Crippen molar-refractivity contribution in [3.05, 3.63) is 70.8 Å². The molecule has 0 saturated heterocycles. The minimum atomic E-state index is -0.337. The first kappa shape index (κ1) is 25.8. The van der Waals surface area contributed by atoms with Gasteiger partial charge in [0.15, 0.2) is 0 Å². The Labute approximate surface area is 186 Å². The van der Waals surface area contributed by atoms with E-state index in [1.165, 1.54) is 14.2 Å². The highest BCUT2D eigenvalue weighted by Gasteiger charge is 2.10. The molecule has 7 heteroatoms. The minimum Gasteiger partial charge on any atom is -0.465 e. The standard InChI is InChI=1S/C14H20O4.C9H9BrO2/c1-3-8-17-9-10-18-11-12-6-4-5-7-13(12)14(15)16-2;1-12-9(11)8-5-3-2-4-7(8)6-10/h4-7H,3,8-11H2,1-2H3;2-5H,6H2,1H3. The molecule has 0 unspecified atom stereocenters. The Bertz CT molecular complexity index is 778. The fraction of sp³-hybridized carbons (Fsp3) is 0.391. The SMILES string of the molecule is CCCOCCOCc1ccccc1C(=O)OC.COC(=O)c1ccccc1CBr. The van der Waals surface area contributed by atoms with E-state index in [1.807, 2.05) is 30.3 Å². The summed E-state index contributed by atoms with van der Waals surface area (Å²) in [7, 11) is 2.76. The molecule has 0 aromatic heterocycles. The van der Waals surface area contributed by atoms with Gasteiger partial charge in [-0.15, -0.1) is 0 Å². The molecule has 0 amide bonds. The molecule has 0 heterocycles. The molecule has 0 aliphatic rings. The zero-order valence-corrected chi connectivity index (χ0v) is 19.3. The zero-order valence-electron chi connectivity index (χ0n) is 17.7. The lowest BCUT2D eigenvalue weighted by atomic mass is 10.1. The van der Waals surface area contributed by atoms with Crippen molar-refractivity contribution in [1.82, 2.24) is 0 Å². The van der Waals surface area contributed by atoms with E-state index >= 15 is 0 Å². The third kappa shape index (κ3) is 9.07. The quantitative estimate of drug-likeness (QED) is 0.276. The minimum absolute atomic E-state index is 0.287. The molecule has 2 aromatic rings. The van der Waals surface area contributed by atoms with Gasteiger partial charge in [-0.1, -0.05) is 59.3 Å². The molecule has 2 rings (SSSR count). The third-order valence-corrected chi connectivity index (χ3v) is 4.57. The number of hydrogen-bond donors (Lipinski definition) is 0. The number of hydrogen-bond acceptors (Lipinski definition) is 6. The maximum absolute atomic E-state index is 11.5. The summed E-state index contributed by atoms with van der Waals surface area (Å²) in [5.74, 6) is -0.624. The summed E-state index contributed by atoms with van der Waals surface area (Å²) in [4.78, 5) is 22.7. The van der Waals surface area contributed by atoms with Crippen LogP contribution in [0.4, 0.5) is 0 Å². The second kappa shape index (κ2) is 15.6. The number of alkyl halides is 1. The molecule has 0 fully saturated rings. The Morgan fingerprint density at radius 1 is 0.767 bits per heavy atom. The summed E-state index contributed by atoms with van der Waals surface area (Å²) in [6.45, 7) is 4.31. The Kier molecular flexibility index (Phi) is 13.4. The molecule has 164 valence electrons. The number of esters is 2. The van der Waals surface area contributed by atoms with Gasteiger partial charge in [0.2, 0.25) is 0 Å². The first-order valence-corrected chi connectivity index (χ1v) is 10.7. The lowest BCUT2D eigenvalue weighted by Gasteiger charge is -2.08. The van der Waals surface area contributed by atoms with Crippen molar-refractivity contribution < 1.29 is 28.5 Å². The molecule has 30 heavy (non-hydrogen) atoms. The van der Waals surface area contributed by atoms with Crippen molar-refractivity contribution >= 4 is 27.9 Å². The monoisotopic (exact) mass is 480 g/mol. The topological polar surface area (TPSA) is 71.1 Å². The summed E-state index contributed by atoms with van der Waals surface area (Å²) in [6, 6.07) is 14.6. The summed E-state index contributed by atoms with van der Waals surface area (Å²) < 4.78 is 20.1. The molecular weight excluding hydrogens is 452 g/mol. The van der Waals surface area contributed by atoms with Gasteiger partial charge in [0, 0.05) is 11.9 Å². The van der Waals surface area contributed by atoms with Crippen LogP contribution in [-0.4, -0.2) is 46.0 Å². The van der Waals surface area contributed by atoms with Crippen molar-refractivity contribution in [3.63, 3.8) is 0 Å². The fourth-order valence-corrected chi connectivity index (χ4v) is 2.94. The fourth-order valence-electron chi connectivity index (χ4n) is 2.45. The van der Waals surface area contributed by atoms with E-state index in [-0.39, 0.29) is 11.9 Å². The van der Waals surface area contributed by atoms with Gasteiger partial charge in [0.1, 0.15) is 0 Å². The molecule has 0 radical (unpaired) electrons. The normalized spacial score (nSPS) is 10.0. The van der Waals surface area contributed by atoms with E-state index < -0.39 is 0 Å². The van der Waals surface area contributed by atoms with Gasteiger partial charge in [0.05, 0.1) is 45.2 Å². The largest absolute Gasteiger partial charge is 0.465 e. The predicted octanol–water partition coefficient (Wildman–Crippen LogP) is 4.78. The van der Waals surface area contributed by atoms with Crippen molar-refractivity contribution in [2.24, 2.45) is 0 Å². The van der Waals surface area contributed by atoms with Gasteiger partial charge in [-0.3, -0.25) is 0 Å². The lowest BCUT2D eigenvalue weighted by molar-refractivity contribution is 0.0397. The molecule has 6 nitrogen and oxygen atoms in total. The summed E-state index contributed by atoms with van der Waals surface area (Å²) in [6.07, 6.45) is 1.01. The highest BCUT2D eigenvalue weighted by molar-refractivity contribution is 9.08. The Morgan fingerprint density at radius 2 is 1.27 bits per heavy atom. The predicted molar refractivity (Wildman–Crippen MR) is 119 cm³/mol. The lowest BCUT2D eigenvalue weighted by Crippen LogP contribution is -2.09. The van der Waals surface area contributed by atoms with Crippen molar-refractivity contribution in [2.45, 2.75) is 25.3 Å². The number of ether oxygens (including phenoxy) is 4. The van der Waals surface area contributed by atoms with Crippen LogP contribution in [0.2, 0.25) is 0 Å². The van der Waals surface area contributed by atoms with Crippen LogP contribution in [0.5, 0.6) is 0 Å². The maximum Gasteiger partial charge on any atom is 0.338 e. The Morgan fingerprint density at radius 3 is 1.80 bits per heavy atom. The number of benzene rings is 2. The smallest absolute Gasteiger partial charge is 0.338 e. The first-order chi connectivity index (χ1) is 14.6. The van der Waals surface area contributed by atoms with Gasteiger partial charge in [-0.05, 0) is 29.7 Å². The average Bonchev–Trinajstić information content (AvgIpc) is 2.80. The Hall–Kier alpha value is -2.22. The number of rotatable bonds is 10. The van der Waals surface area contributed by atoms with Crippen LogP contribution < -0.4 is 0 Å². The van der Waals surface area contributed by atoms with Gasteiger partial charge < -0.3 is 18.9 Å². The van der Waals surface area contributed by atoms with Crippen molar-refractivity contribution in [2.75, 3.05) is 34.0 Å². The third-order valence-electron chi connectivity index (χ3n) is 3.97. The molecule has 0 N–H and O–H groups in total. The van der Waals surface area contributed by atoms with Crippen LogP contribution in [0.3, 0.4) is 0 Å². The number of methoxy groups -OCH3 is 2. The van der Waals surface area contributed by atoms with Crippen LogP contribution in [0.25, 0.3) is 0 Å². The Balaban J connectivity index is 0.000000325. The van der Waals surface area contributed by atoms with Gasteiger partial charge >= 0.3 is 11.9 Å². The maximum atomic E-state index is 11.5. The second-order valence-corrected chi connectivity index (χ2v) is 6.66. The van der Waals surface area contributed by atoms with Crippen LogP contribution >= 0.6 is 15.9 Å². The van der Waals surface area contributed by atoms with Gasteiger partial charge in [-0.2, -0.15) is 0 Å². The second-order valence-electron chi connectivity index (χ2n) is 6.10. The van der Waals surface area contributed by atoms with Crippen LogP contribution in [0, 0.1) is 0 Å². The highest BCUT2D eigenvalue weighted by atomic mass is 79.9.